The molecule has 1 aliphatic heterocycles. The predicted molar refractivity (Wildman–Crippen MR) is 53.5 cm³/mol. The lowest BCUT2D eigenvalue weighted by Crippen LogP contribution is -2.41. The second-order valence-electron chi connectivity index (χ2n) is 4.08. The molecule has 0 spiro atoms. The van der Waals surface area contributed by atoms with Crippen LogP contribution in [0.25, 0.3) is 0 Å². The number of nitrogens with zero attached hydrogens (tertiary/aromatic N) is 3. The maximum absolute atomic E-state index is 12.1. The fourth-order valence-electron chi connectivity index (χ4n) is 1.83. The summed E-state index contributed by atoms with van der Waals surface area (Å²) in [5.41, 5.74) is -0.309. The van der Waals surface area contributed by atoms with Gasteiger partial charge in [-0.2, -0.15) is 15.0 Å². The van der Waals surface area contributed by atoms with Crippen molar-refractivity contribution < 1.29 is 9.53 Å². The summed E-state index contributed by atoms with van der Waals surface area (Å²) in [6, 6.07) is 0. The highest BCUT2D eigenvalue weighted by molar-refractivity contribution is 6.00. The fraction of sp³-hybridized carbons (Fsp3) is 0.700. The predicted octanol–water partition coefficient (Wildman–Crippen LogP) is 0.957. The zero-order valence-electron chi connectivity index (χ0n) is 9.06. The van der Waals surface area contributed by atoms with Crippen molar-refractivity contribution >= 4 is 5.78 Å². The summed E-state index contributed by atoms with van der Waals surface area (Å²) >= 11 is 0. The molecule has 1 unspecified atom stereocenters. The summed E-state index contributed by atoms with van der Waals surface area (Å²) < 4.78 is 5.56. The molecule has 5 nitrogen and oxygen atoms in total. The van der Waals surface area contributed by atoms with E-state index in [0.29, 0.717) is 12.3 Å². The summed E-state index contributed by atoms with van der Waals surface area (Å²) in [5, 5.41) is 7.90. The Hall–Kier alpha value is -1.23. The molecule has 1 aromatic rings. The summed E-state index contributed by atoms with van der Waals surface area (Å²) in [5.74, 6) is -0.0599. The average Bonchev–Trinajstić information content (AvgIpc) is 2.65. The van der Waals surface area contributed by atoms with E-state index in [2.05, 4.69) is 10.2 Å². The molecule has 2 rings (SSSR count). The van der Waals surface area contributed by atoms with Crippen molar-refractivity contribution in [2.24, 2.45) is 7.05 Å². The first-order valence-electron chi connectivity index (χ1n) is 5.17. The Morgan fingerprint density at radius 3 is 2.93 bits per heavy atom. The monoisotopic (exact) mass is 209 g/mol. The van der Waals surface area contributed by atoms with Gasteiger partial charge >= 0.3 is 0 Å². The molecule has 2 heterocycles. The van der Waals surface area contributed by atoms with E-state index in [1.54, 1.807) is 7.05 Å². The van der Waals surface area contributed by atoms with Crippen molar-refractivity contribution in [2.75, 3.05) is 6.61 Å². The number of carbonyl (C=O) groups is 1. The van der Waals surface area contributed by atoms with E-state index in [1.165, 1.54) is 11.0 Å². The highest BCUT2D eigenvalue weighted by atomic mass is 16.5. The van der Waals surface area contributed by atoms with Crippen LogP contribution in [0, 0.1) is 0 Å². The lowest BCUT2D eigenvalue weighted by Gasteiger charge is -2.31. The Morgan fingerprint density at radius 2 is 2.40 bits per heavy atom. The van der Waals surface area contributed by atoms with Crippen LogP contribution in [0.15, 0.2) is 6.20 Å². The molecule has 1 saturated heterocycles. The molecular formula is C10H15N3O2. The first-order valence-corrected chi connectivity index (χ1v) is 5.17. The smallest absolute Gasteiger partial charge is 0.216 e. The van der Waals surface area contributed by atoms with E-state index in [4.69, 9.17) is 4.74 Å². The van der Waals surface area contributed by atoms with E-state index in [-0.39, 0.29) is 5.78 Å². The van der Waals surface area contributed by atoms with Gasteiger partial charge in [0.05, 0.1) is 6.20 Å². The molecule has 0 aromatic carbocycles. The molecule has 15 heavy (non-hydrogen) atoms. The third kappa shape index (κ3) is 1.92. The number of rotatable bonds is 2. The molecule has 0 saturated carbocycles. The van der Waals surface area contributed by atoms with Gasteiger partial charge in [0.25, 0.3) is 0 Å². The van der Waals surface area contributed by atoms with Crippen molar-refractivity contribution in [3.63, 3.8) is 0 Å². The first kappa shape index (κ1) is 10.3. The van der Waals surface area contributed by atoms with Crippen LogP contribution in [0.5, 0.6) is 0 Å². The third-order valence-corrected chi connectivity index (χ3v) is 2.78. The fourth-order valence-corrected chi connectivity index (χ4v) is 1.83. The Bertz CT molecular complexity index is 366. The first-order chi connectivity index (χ1) is 7.12. The highest BCUT2D eigenvalue weighted by Crippen LogP contribution is 2.27. The van der Waals surface area contributed by atoms with E-state index >= 15 is 0 Å². The van der Waals surface area contributed by atoms with Crippen LogP contribution in [-0.4, -0.2) is 33.0 Å². The molecular weight excluding hydrogens is 194 g/mol. The molecule has 1 aromatic heterocycles. The van der Waals surface area contributed by atoms with Gasteiger partial charge in [-0.1, -0.05) is 0 Å². The van der Waals surface area contributed by atoms with Gasteiger partial charge in [-0.25, -0.2) is 0 Å². The standard InChI is InChI=1S/C10H15N3O2/c1-10(5-3-4-6-15-10)9(14)8-7-11-13(2)12-8/h7H,3-6H2,1-2H3. The SMILES string of the molecule is Cn1ncc(C(=O)C2(C)CCCCO2)n1. The van der Waals surface area contributed by atoms with Crippen LogP contribution < -0.4 is 0 Å². The van der Waals surface area contributed by atoms with Gasteiger partial charge in [0.2, 0.25) is 5.78 Å². The Morgan fingerprint density at radius 1 is 1.60 bits per heavy atom. The van der Waals surface area contributed by atoms with E-state index in [1.807, 2.05) is 6.92 Å². The minimum atomic E-state index is -0.700. The lowest BCUT2D eigenvalue weighted by molar-refractivity contribution is -0.0429. The number of hydrogen-bond acceptors (Lipinski definition) is 4. The van der Waals surface area contributed by atoms with Crippen molar-refractivity contribution in [3.05, 3.63) is 11.9 Å². The molecule has 0 N–H and O–H groups in total. The summed E-state index contributed by atoms with van der Waals surface area (Å²) in [6.45, 7) is 2.49. The van der Waals surface area contributed by atoms with E-state index in [0.717, 1.165) is 19.3 Å². The number of carbonyl (C=O) groups excluding carboxylic acids is 1. The molecule has 1 atom stereocenters. The number of Topliss-reactive ketones (excluding diaryl/α,β-unsaturated/α-hetero) is 1. The Balaban J connectivity index is 2.19. The van der Waals surface area contributed by atoms with Crippen molar-refractivity contribution in [2.45, 2.75) is 31.8 Å². The summed E-state index contributed by atoms with van der Waals surface area (Å²) in [7, 11) is 1.70. The van der Waals surface area contributed by atoms with E-state index < -0.39 is 5.60 Å². The molecule has 1 aliphatic rings. The normalized spacial score (nSPS) is 26.5. The average molecular weight is 209 g/mol. The number of aromatic nitrogens is 3. The van der Waals surface area contributed by atoms with Crippen molar-refractivity contribution in [3.8, 4) is 0 Å². The van der Waals surface area contributed by atoms with Crippen molar-refractivity contribution in [1.82, 2.24) is 15.0 Å². The summed E-state index contributed by atoms with van der Waals surface area (Å²) in [4.78, 5) is 13.5. The van der Waals surface area contributed by atoms with E-state index in [9.17, 15) is 4.79 Å². The molecule has 0 radical (unpaired) electrons. The van der Waals surface area contributed by atoms with Gasteiger partial charge in [-0.15, -0.1) is 0 Å². The number of hydrogen-bond donors (Lipinski definition) is 0. The zero-order valence-corrected chi connectivity index (χ0v) is 9.06. The summed E-state index contributed by atoms with van der Waals surface area (Å²) in [6.07, 6.45) is 4.32. The van der Waals surface area contributed by atoms with Crippen LogP contribution in [0.2, 0.25) is 0 Å². The quantitative estimate of drug-likeness (QED) is 0.681. The van der Waals surface area contributed by atoms with Crippen LogP contribution in [0.1, 0.15) is 36.7 Å². The maximum Gasteiger partial charge on any atom is 0.216 e. The van der Waals surface area contributed by atoms with Gasteiger partial charge in [0.15, 0.2) is 5.69 Å². The van der Waals surface area contributed by atoms with Crippen LogP contribution in [-0.2, 0) is 11.8 Å². The molecule has 0 aliphatic carbocycles. The van der Waals surface area contributed by atoms with Crippen LogP contribution in [0.4, 0.5) is 0 Å². The zero-order chi connectivity index (χ0) is 10.9. The van der Waals surface area contributed by atoms with Crippen LogP contribution >= 0.6 is 0 Å². The second-order valence-corrected chi connectivity index (χ2v) is 4.08. The maximum atomic E-state index is 12.1. The topological polar surface area (TPSA) is 57.0 Å². The molecule has 1 fully saturated rings. The lowest BCUT2D eigenvalue weighted by atomic mass is 9.90. The molecule has 0 bridgehead atoms. The van der Waals surface area contributed by atoms with Gasteiger partial charge in [-0.3, -0.25) is 4.79 Å². The second kappa shape index (κ2) is 3.73. The Kier molecular flexibility index (Phi) is 2.56. The van der Waals surface area contributed by atoms with Gasteiger partial charge < -0.3 is 4.74 Å². The largest absolute Gasteiger partial charge is 0.367 e. The Labute approximate surface area is 88.4 Å². The van der Waals surface area contributed by atoms with Crippen LogP contribution in [0.3, 0.4) is 0 Å². The van der Waals surface area contributed by atoms with Crippen molar-refractivity contribution in [1.29, 1.82) is 0 Å². The minimum absolute atomic E-state index is 0.0599. The third-order valence-electron chi connectivity index (χ3n) is 2.78. The number of ketones is 1. The number of aryl methyl sites for hydroxylation is 1. The highest BCUT2D eigenvalue weighted by Gasteiger charge is 2.37. The molecule has 5 heteroatoms. The van der Waals surface area contributed by atoms with Gasteiger partial charge in [0, 0.05) is 13.7 Å². The minimum Gasteiger partial charge on any atom is -0.367 e. The molecule has 82 valence electrons. The molecule has 0 amide bonds. The van der Waals surface area contributed by atoms with Gasteiger partial charge in [0.1, 0.15) is 5.60 Å². The van der Waals surface area contributed by atoms with Gasteiger partial charge in [-0.05, 0) is 26.2 Å². The number of ether oxygens (including phenoxy) is 1.